The summed E-state index contributed by atoms with van der Waals surface area (Å²) in [6, 6.07) is 11.0. The lowest BCUT2D eigenvalue weighted by Crippen LogP contribution is -2.48. The second-order valence-corrected chi connectivity index (χ2v) is 11.2. The van der Waals surface area contributed by atoms with Gasteiger partial charge < -0.3 is 18.9 Å². The SMILES string of the molecule is CCOC(=O)C=C(C)C=Cc1ccc2cc(OC(OC)OCC)c(C34CC5CC(CC(C5)C3)C4)cc2c1. The van der Waals surface area contributed by atoms with Crippen LogP contribution in [0.4, 0.5) is 0 Å². The molecular formula is C32H40O5. The van der Waals surface area contributed by atoms with Crippen molar-refractivity contribution in [2.24, 2.45) is 17.8 Å². The molecule has 4 aliphatic carbocycles. The maximum absolute atomic E-state index is 11.7. The highest BCUT2D eigenvalue weighted by Crippen LogP contribution is 2.62. The fourth-order valence-electron chi connectivity index (χ4n) is 7.39. The number of benzene rings is 2. The molecule has 0 spiro atoms. The number of hydrogen-bond donors (Lipinski definition) is 0. The summed E-state index contributed by atoms with van der Waals surface area (Å²) in [7, 11) is 1.63. The molecule has 4 saturated carbocycles. The third kappa shape index (κ3) is 5.63. The lowest BCUT2D eigenvalue weighted by molar-refractivity contribution is -0.231. The smallest absolute Gasteiger partial charge is 0.330 e. The van der Waals surface area contributed by atoms with Crippen LogP contribution in [0.3, 0.4) is 0 Å². The van der Waals surface area contributed by atoms with Crippen molar-refractivity contribution >= 4 is 22.8 Å². The summed E-state index contributed by atoms with van der Waals surface area (Å²) in [6.07, 6.45) is 13.5. The Bertz CT molecular complexity index is 1160. The zero-order chi connectivity index (χ0) is 26.0. The van der Waals surface area contributed by atoms with E-state index in [1.54, 1.807) is 7.11 Å². The molecule has 5 heteroatoms. The second kappa shape index (κ2) is 11.0. The van der Waals surface area contributed by atoms with E-state index in [0.29, 0.717) is 13.2 Å². The Morgan fingerprint density at radius 1 is 1.00 bits per heavy atom. The van der Waals surface area contributed by atoms with Crippen LogP contribution in [0.25, 0.3) is 16.8 Å². The molecule has 2 aromatic rings. The number of carbonyl (C=O) groups excluding carboxylic acids is 1. The third-order valence-corrected chi connectivity index (χ3v) is 8.46. The van der Waals surface area contributed by atoms with Crippen LogP contribution in [0.1, 0.15) is 70.4 Å². The van der Waals surface area contributed by atoms with Crippen LogP contribution >= 0.6 is 0 Å². The Labute approximate surface area is 220 Å². The van der Waals surface area contributed by atoms with Gasteiger partial charge >= 0.3 is 12.4 Å². The summed E-state index contributed by atoms with van der Waals surface area (Å²) >= 11 is 0. The predicted molar refractivity (Wildman–Crippen MR) is 146 cm³/mol. The summed E-state index contributed by atoms with van der Waals surface area (Å²) in [5, 5.41) is 2.34. The number of methoxy groups -OCH3 is 1. The van der Waals surface area contributed by atoms with E-state index in [2.05, 4.69) is 36.4 Å². The van der Waals surface area contributed by atoms with Gasteiger partial charge in [-0.05, 0) is 123 Å². The molecule has 1 atom stereocenters. The largest absolute Gasteiger partial charge is 0.463 e. The highest BCUT2D eigenvalue weighted by molar-refractivity contribution is 5.88. The van der Waals surface area contributed by atoms with Gasteiger partial charge in [-0.25, -0.2) is 4.79 Å². The van der Waals surface area contributed by atoms with E-state index >= 15 is 0 Å². The van der Waals surface area contributed by atoms with Crippen LogP contribution in [-0.2, 0) is 24.4 Å². The van der Waals surface area contributed by atoms with Crippen LogP contribution in [0.2, 0.25) is 0 Å². The third-order valence-electron chi connectivity index (χ3n) is 8.46. The van der Waals surface area contributed by atoms with Gasteiger partial charge in [0.2, 0.25) is 0 Å². The van der Waals surface area contributed by atoms with Crippen molar-refractivity contribution in [2.75, 3.05) is 20.3 Å². The fourth-order valence-corrected chi connectivity index (χ4v) is 7.39. The van der Waals surface area contributed by atoms with E-state index in [4.69, 9.17) is 18.9 Å². The van der Waals surface area contributed by atoms with Crippen molar-refractivity contribution in [3.8, 4) is 5.75 Å². The van der Waals surface area contributed by atoms with Crippen molar-refractivity contribution in [1.82, 2.24) is 0 Å². The molecule has 0 amide bonds. The first kappa shape index (κ1) is 26.0. The number of fused-ring (bicyclic) bond motifs is 1. The molecule has 0 aromatic heterocycles. The maximum atomic E-state index is 11.7. The molecule has 198 valence electrons. The van der Waals surface area contributed by atoms with Gasteiger partial charge in [0.15, 0.2) is 0 Å². The monoisotopic (exact) mass is 504 g/mol. The first-order chi connectivity index (χ1) is 17.9. The van der Waals surface area contributed by atoms with Crippen LogP contribution in [0.5, 0.6) is 5.75 Å². The summed E-state index contributed by atoms with van der Waals surface area (Å²) in [5.74, 6) is 3.10. The Morgan fingerprint density at radius 3 is 2.32 bits per heavy atom. The van der Waals surface area contributed by atoms with Crippen molar-refractivity contribution < 1.29 is 23.7 Å². The van der Waals surface area contributed by atoms with Crippen molar-refractivity contribution in [1.29, 1.82) is 0 Å². The number of ether oxygens (including phenoxy) is 4. The van der Waals surface area contributed by atoms with Gasteiger partial charge in [0.1, 0.15) is 5.75 Å². The van der Waals surface area contributed by atoms with Gasteiger partial charge in [0, 0.05) is 18.7 Å². The Hall–Kier alpha value is -2.63. The van der Waals surface area contributed by atoms with Gasteiger partial charge in [-0.15, -0.1) is 0 Å². The average Bonchev–Trinajstić information content (AvgIpc) is 2.86. The first-order valence-corrected chi connectivity index (χ1v) is 13.8. The van der Waals surface area contributed by atoms with Gasteiger partial charge in [0.05, 0.1) is 13.2 Å². The lowest BCUT2D eigenvalue weighted by Gasteiger charge is -2.57. The van der Waals surface area contributed by atoms with E-state index < -0.39 is 6.48 Å². The van der Waals surface area contributed by atoms with Crippen molar-refractivity contribution in [2.45, 2.75) is 71.2 Å². The summed E-state index contributed by atoms with van der Waals surface area (Å²) < 4.78 is 22.6. The fraction of sp³-hybridized carbons (Fsp3) is 0.531. The van der Waals surface area contributed by atoms with E-state index in [1.807, 2.05) is 26.8 Å². The molecule has 0 heterocycles. The molecule has 0 aliphatic heterocycles. The van der Waals surface area contributed by atoms with E-state index in [1.165, 1.54) is 55.6 Å². The number of rotatable bonds is 10. The van der Waals surface area contributed by atoms with Crippen molar-refractivity contribution in [3.05, 3.63) is 59.2 Å². The first-order valence-electron chi connectivity index (χ1n) is 13.8. The highest BCUT2D eigenvalue weighted by atomic mass is 16.8. The van der Waals surface area contributed by atoms with Gasteiger partial charge in [0.25, 0.3) is 0 Å². The molecule has 4 fully saturated rings. The van der Waals surface area contributed by atoms with Crippen LogP contribution in [0.15, 0.2) is 48.1 Å². The molecule has 6 rings (SSSR count). The number of carbonyl (C=O) groups is 1. The minimum absolute atomic E-state index is 0.174. The molecule has 37 heavy (non-hydrogen) atoms. The molecule has 5 nitrogen and oxygen atoms in total. The highest BCUT2D eigenvalue weighted by Gasteiger charge is 2.52. The quantitative estimate of drug-likeness (QED) is 0.149. The Kier molecular flexibility index (Phi) is 7.73. The minimum Gasteiger partial charge on any atom is -0.463 e. The summed E-state index contributed by atoms with van der Waals surface area (Å²) in [5.41, 5.74) is 3.45. The molecular weight excluding hydrogens is 464 g/mol. The van der Waals surface area contributed by atoms with Crippen LogP contribution in [0, 0.1) is 17.8 Å². The van der Waals surface area contributed by atoms with E-state index in [9.17, 15) is 4.79 Å². The molecule has 0 N–H and O–H groups in total. The second-order valence-electron chi connectivity index (χ2n) is 11.2. The zero-order valence-corrected chi connectivity index (χ0v) is 22.6. The summed E-state index contributed by atoms with van der Waals surface area (Å²) in [4.78, 5) is 11.7. The Balaban J connectivity index is 1.51. The van der Waals surface area contributed by atoms with E-state index in [0.717, 1.165) is 40.0 Å². The van der Waals surface area contributed by atoms with E-state index in [-0.39, 0.29) is 11.4 Å². The van der Waals surface area contributed by atoms with Gasteiger partial charge in [-0.3, -0.25) is 0 Å². The zero-order valence-electron chi connectivity index (χ0n) is 22.6. The Morgan fingerprint density at radius 2 is 1.70 bits per heavy atom. The molecule has 1 unspecified atom stereocenters. The minimum atomic E-state index is -0.716. The number of hydrogen-bond acceptors (Lipinski definition) is 5. The molecule has 2 aromatic carbocycles. The standard InChI is InChI=1S/C32H40O5/c1-5-35-30(33)11-21(3)7-8-22-9-10-26-17-29(37-31(34-4)36-6-2)28(16-27(26)15-22)32-18-23-12-24(19-32)14-25(13-23)20-32/h7-11,15-17,23-25,31H,5-6,12-14,18-20H2,1-4H3. The van der Waals surface area contributed by atoms with Crippen LogP contribution in [-0.4, -0.2) is 32.8 Å². The molecule has 4 bridgehead atoms. The number of allylic oxidation sites excluding steroid dienone is 2. The molecule has 4 aliphatic rings. The summed E-state index contributed by atoms with van der Waals surface area (Å²) in [6.45, 7) is 5.86. The van der Waals surface area contributed by atoms with Gasteiger partial charge in [-0.1, -0.05) is 24.3 Å². The maximum Gasteiger partial charge on any atom is 0.330 e. The molecule has 0 radical (unpaired) electrons. The normalized spacial score (nSPS) is 27.7. The van der Waals surface area contributed by atoms with Crippen LogP contribution < -0.4 is 4.74 Å². The van der Waals surface area contributed by atoms with Crippen molar-refractivity contribution in [3.63, 3.8) is 0 Å². The predicted octanol–water partition coefficient (Wildman–Crippen LogP) is 7.18. The number of esters is 1. The lowest BCUT2D eigenvalue weighted by atomic mass is 9.48. The molecule has 0 saturated heterocycles. The topological polar surface area (TPSA) is 54.0 Å². The average molecular weight is 505 g/mol. The van der Waals surface area contributed by atoms with Gasteiger partial charge in [-0.2, -0.15) is 0 Å².